The fraction of sp³-hybridized carbons (Fsp3) is 0.0588. The summed E-state index contributed by atoms with van der Waals surface area (Å²) in [5.41, 5.74) is 3.28. The van der Waals surface area contributed by atoms with Gasteiger partial charge in [0.2, 0.25) is 0 Å². The number of rotatable bonds is 1. The third kappa shape index (κ3) is 1.53. The molecule has 0 bridgehead atoms. The minimum atomic E-state index is 0.567. The molecule has 96 valence electrons. The van der Waals surface area contributed by atoms with Crippen LogP contribution in [0.15, 0.2) is 60.9 Å². The maximum absolute atomic E-state index is 8.41. The lowest BCUT2D eigenvalue weighted by molar-refractivity contribution is 1.05. The molecule has 3 aromatic rings. The molecule has 0 unspecified atom stereocenters. The SMILES string of the molecule is N=C1c2ccccc2CN1c1cccc2ccncc12. The molecule has 0 spiro atoms. The number of benzene rings is 2. The van der Waals surface area contributed by atoms with Gasteiger partial charge >= 0.3 is 0 Å². The van der Waals surface area contributed by atoms with Crippen molar-refractivity contribution in [2.45, 2.75) is 6.54 Å². The van der Waals surface area contributed by atoms with Crippen molar-refractivity contribution >= 4 is 22.3 Å². The first-order valence-corrected chi connectivity index (χ1v) is 6.62. The van der Waals surface area contributed by atoms with Crippen LogP contribution in [0.1, 0.15) is 11.1 Å². The highest BCUT2D eigenvalue weighted by molar-refractivity contribution is 6.15. The molecule has 0 atom stereocenters. The van der Waals surface area contributed by atoms with Crippen molar-refractivity contribution in [2.24, 2.45) is 0 Å². The molecule has 1 aliphatic rings. The monoisotopic (exact) mass is 259 g/mol. The molecule has 3 heteroatoms. The highest BCUT2D eigenvalue weighted by atomic mass is 15.2. The Morgan fingerprint density at radius 3 is 2.80 bits per heavy atom. The molecule has 0 aliphatic carbocycles. The molecule has 0 amide bonds. The second-order valence-corrected chi connectivity index (χ2v) is 4.97. The standard InChI is InChI=1S/C17H13N3/c18-17-14-6-2-1-4-13(14)11-20(17)16-7-3-5-12-8-9-19-10-15(12)16/h1-10,18H,11H2. The Labute approximate surface area is 117 Å². The van der Waals surface area contributed by atoms with Gasteiger partial charge in [-0.05, 0) is 23.1 Å². The second kappa shape index (κ2) is 4.17. The van der Waals surface area contributed by atoms with Crippen molar-refractivity contribution in [1.29, 1.82) is 5.41 Å². The van der Waals surface area contributed by atoms with Crippen LogP contribution in [0.3, 0.4) is 0 Å². The zero-order chi connectivity index (χ0) is 13.5. The molecule has 2 aromatic carbocycles. The molecule has 0 saturated carbocycles. The summed E-state index contributed by atoms with van der Waals surface area (Å²) >= 11 is 0. The smallest absolute Gasteiger partial charge is 0.133 e. The molecule has 0 saturated heterocycles. The lowest BCUT2D eigenvalue weighted by Gasteiger charge is -2.20. The highest BCUT2D eigenvalue weighted by Crippen LogP contribution is 2.32. The van der Waals surface area contributed by atoms with Gasteiger partial charge in [0.05, 0.1) is 12.2 Å². The summed E-state index contributed by atoms with van der Waals surface area (Å²) in [6, 6.07) is 16.3. The predicted octanol–water partition coefficient (Wildman–Crippen LogP) is 3.58. The van der Waals surface area contributed by atoms with Crippen LogP contribution >= 0.6 is 0 Å². The van der Waals surface area contributed by atoms with Crippen LogP contribution in [0.2, 0.25) is 0 Å². The number of fused-ring (bicyclic) bond motifs is 2. The van der Waals surface area contributed by atoms with E-state index in [9.17, 15) is 0 Å². The van der Waals surface area contributed by atoms with Crippen molar-refractivity contribution in [3.05, 3.63) is 72.1 Å². The summed E-state index contributed by atoms with van der Waals surface area (Å²) in [6.45, 7) is 0.753. The molecular formula is C17H13N3. The van der Waals surface area contributed by atoms with E-state index in [2.05, 4.69) is 28.1 Å². The molecule has 1 aliphatic heterocycles. The number of nitrogens with one attached hydrogen (secondary N) is 1. The van der Waals surface area contributed by atoms with Crippen LogP contribution in [0.25, 0.3) is 10.8 Å². The van der Waals surface area contributed by atoms with Crippen LogP contribution in [-0.2, 0) is 6.54 Å². The number of nitrogens with zero attached hydrogens (tertiary/aromatic N) is 2. The van der Waals surface area contributed by atoms with E-state index in [-0.39, 0.29) is 0 Å². The predicted molar refractivity (Wildman–Crippen MR) is 81.2 cm³/mol. The highest BCUT2D eigenvalue weighted by Gasteiger charge is 2.25. The topological polar surface area (TPSA) is 40.0 Å². The average molecular weight is 259 g/mol. The number of hydrogen-bond acceptors (Lipinski definition) is 2. The maximum Gasteiger partial charge on any atom is 0.133 e. The zero-order valence-corrected chi connectivity index (χ0v) is 10.9. The van der Waals surface area contributed by atoms with Crippen molar-refractivity contribution in [3.63, 3.8) is 0 Å². The van der Waals surface area contributed by atoms with Crippen molar-refractivity contribution in [1.82, 2.24) is 4.98 Å². The van der Waals surface area contributed by atoms with Crippen molar-refractivity contribution in [3.8, 4) is 0 Å². The third-order valence-corrected chi connectivity index (χ3v) is 3.82. The first-order valence-electron chi connectivity index (χ1n) is 6.62. The molecule has 4 rings (SSSR count). The largest absolute Gasteiger partial charge is 0.321 e. The van der Waals surface area contributed by atoms with Gasteiger partial charge < -0.3 is 4.90 Å². The van der Waals surface area contributed by atoms with E-state index in [1.165, 1.54) is 5.56 Å². The molecule has 20 heavy (non-hydrogen) atoms. The summed E-state index contributed by atoms with van der Waals surface area (Å²) in [4.78, 5) is 6.27. The van der Waals surface area contributed by atoms with Gasteiger partial charge in [-0.25, -0.2) is 0 Å². The Balaban J connectivity index is 1.88. The molecule has 3 nitrogen and oxygen atoms in total. The first kappa shape index (κ1) is 11.2. The minimum Gasteiger partial charge on any atom is -0.321 e. The molecular weight excluding hydrogens is 246 g/mol. The van der Waals surface area contributed by atoms with Crippen LogP contribution in [-0.4, -0.2) is 10.8 Å². The van der Waals surface area contributed by atoms with Crippen molar-refractivity contribution < 1.29 is 0 Å². The van der Waals surface area contributed by atoms with Gasteiger partial charge in [0.15, 0.2) is 0 Å². The van der Waals surface area contributed by atoms with E-state index < -0.39 is 0 Å². The van der Waals surface area contributed by atoms with Gasteiger partial charge in [-0.3, -0.25) is 10.4 Å². The van der Waals surface area contributed by atoms with Gasteiger partial charge in [-0.2, -0.15) is 0 Å². The Hall–Kier alpha value is -2.68. The molecule has 1 N–H and O–H groups in total. The van der Waals surface area contributed by atoms with Crippen LogP contribution in [0.5, 0.6) is 0 Å². The molecule has 0 radical (unpaired) electrons. The summed E-state index contributed by atoms with van der Waals surface area (Å²) in [6.07, 6.45) is 3.68. The van der Waals surface area contributed by atoms with Crippen LogP contribution < -0.4 is 4.90 Å². The number of pyridine rings is 1. The summed E-state index contributed by atoms with van der Waals surface area (Å²) in [5.74, 6) is 0.567. The van der Waals surface area contributed by atoms with E-state index in [4.69, 9.17) is 5.41 Å². The zero-order valence-electron chi connectivity index (χ0n) is 10.9. The summed E-state index contributed by atoms with van der Waals surface area (Å²) in [7, 11) is 0. The van der Waals surface area contributed by atoms with E-state index >= 15 is 0 Å². The van der Waals surface area contributed by atoms with Crippen LogP contribution in [0.4, 0.5) is 5.69 Å². The third-order valence-electron chi connectivity index (χ3n) is 3.82. The van der Waals surface area contributed by atoms with E-state index in [0.29, 0.717) is 5.84 Å². The van der Waals surface area contributed by atoms with E-state index in [0.717, 1.165) is 28.6 Å². The maximum atomic E-state index is 8.41. The van der Waals surface area contributed by atoms with Gasteiger partial charge in [-0.1, -0.05) is 36.4 Å². The molecule has 2 heterocycles. The number of aromatic nitrogens is 1. The lowest BCUT2D eigenvalue weighted by atomic mass is 10.1. The second-order valence-electron chi connectivity index (χ2n) is 4.97. The number of hydrogen-bond donors (Lipinski definition) is 1. The summed E-state index contributed by atoms with van der Waals surface area (Å²) < 4.78 is 0. The van der Waals surface area contributed by atoms with E-state index in [1.54, 1.807) is 6.20 Å². The molecule has 0 fully saturated rings. The Kier molecular flexibility index (Phi) is 2.33. The molecule has 1 aromatic heterocycles. The number of anilines is 1. The van der Waals surface area contributed by atoms with Gasteiger partial charge in [0, 0.05) is 23.3 Å². The quantitative estimate of drug-likeness (QED) is 0.725. The fourth-order valence-corrected chi connectivity index (χ4v) is 2.82. The first-order chi connectivity index (χ1) is 9.84. The van der Waals surface area contributed by atoms with Gasteiger partial charge in [-0.15, -0.1) is 0 Å². The minimum absolute atomic E-state index is 0.567. The van der Waals surface area contributed by atoms with Gasteiger partial charge in [0.1, 0.15) is 5.84 Å². The number of amidine groups is 1. The van der Waals surface area contributed by atoms with Gasteiger partial charge in [0.25, 0.3) is 0 Å². The average Bonchev–Trinajstić information content (AvgIpc) is 2.84. The van der Waals surface area contributed by atoms with Crippen molar-refractivity contribution in [2.75, 3.05) is 4.90 Å². The lowest BCUT2D eigenvalue weighted by Crippen LogP contribution is -2.23. The van der Waals surface area contributed by atoms with E-state index in [1.807, 2.05) is 36.5 Å². The Morgan fingerprint density at radius 1 is 1.00 bits per heavy atom. The Morgan fingerprint density at radius 2 is 1.90 bits per heavy atom. The van der Waals surface area contributed by atoms with Crippen LogP contribution in [0, 0.1) is 5.41 Å². The summed E-state index contributed by atoms with van der Waals surface area (Å²) in [5, 5.41) is 10.7. The Bertz CT molecular complexity index is 818. The fourth-order valence-electron chi connectivity index (χ4n) is 2.82. The normalized spacial score (nSPS) is 13.8.